The van der Waals surface area contributed by atoms with Crippen LogP contribution in [-0.4, -0.2) is 23.1 Å². The summed E-state index contributed by atoms with van der Waals surface area (Å²) in [5.74, 6) is 2.49. The maximum atomic E-state index is 4.63. The van der Waals surface area contributed by atoms with Gasteiger partial charge in [-0.1, -0.05) is 27.7 Å². The number of nitrogens with zero attached hydrogens (tertiary/aromatic N) is 3. The first kappa shape index (κ1) is 13.9. The number of aryl methyl sites for hydroxylation is 1. The van der Waals surface area contributed by atoms with E-state index in [-0.39, 0.29) is 0 Å². The summed E-state index contributed by atoms with van der Waals surface area (Å²) in [6.45, 7) is 12.6. The van der Waals surface area contributed by atoms with E-state index in [1.807, 2.05) is 20.8 Å². The Kier molecular flexibility index (Phi) is 5.39. The van der Waals surface area contributed by atoms with Crippen LogP contribution < -0.4 is 4.90 Å². The molecule has 0 N–H and O–H groups in total. The highest BCUT2D eigenvalue weighted by molar-refractivity contribution is 5.40. The maximum absolute atomic E-state index is 4.63. The molecule has 0 unspecified atom stereocenters. The lowest BCUT2D eigenvalue weighted by molar-refractivity contribution is 0.757. The molecule has 1 aliphatic rings. The lowest BCUT2D eigenvalue weighted by Crippen LogP contribution is -2.20. The molecular weight excluding hydrogens is 210 g/mol. The molecule has 1 saturated heterocycles. The first-order valence-corrected chi connectivity index (χ1v) is 6.77. The molecule has 3 nitrogen and oxygen atoms in total. The molecule has 2 rings (SSSR count). The van der Waals surface area contributed by atoms with E-state index in [0.29, 0.717) is 5.92 Å². The first-order valence-electron chi connectivity index (χ1n) is 6.77. The third-order valence-electron chi connectivity index (χ3n) is 2.80. The Hall–Kier alpha value is -1.12. The number of hydrogen-bond donors (Lipinski definition) is 0. The number of aromatic nitrogens is 2. The van der Waals surface area contributed by atoms with Crippen molar-refractivity contribution >= 4 is 5.82 Å². The average Bonchev–Trinajstić information content (AvgIpc) is 2.84. The quantitative estimate of drug-likeness (QED) is 0.785. The summed E-state index contributed by atoms with van der Waals surface area (Å²) >= 11 is 0. The van der Waals surface area contributed by atoms with Gasteiger partial charge in [0.1, 0.15) is 11.6 Å². The van der Waals surface area contributed by atoms with Gasteiger partial charge in [0, 0.05) is 30.8 Å². The minimum Gasteiger partial charge on any atom is -0.357 e. The van der Waals surface area contributed by atoms with Crippen molar-refractivity contribution < 1.29 is 0 Å². The van der Waals surface area contributed by atoms with Gasteiger partial charge in [0.15, 0.2) is 0 Å². The molecule has 1 aromatic rings. The minimum atomic E-state index is 0.409. The van der Waals surface area contributed by atoms with E-state index in [1.165, 1.54) is 12.8 Å². The van der Waals surface area contributed by atoms with Crippen LogP contribution in [0.5, 0.6) is 0 Å². The van der Waals surface area contributed by atoms with Crippen molar-refractivity contribution in [2.45, 2.75) is 53.4 Å². The highest BCUT2D eigenvalue weighted by Crippen LogP contribution is 2.20. The van der Waals surface area contributed by atoms with Gasteiger partial charge in [-0.2, -0.15) is 0 Å². The second-order valence-electron chi connectivity index (χ2n) is 4.57. The van der Waals surface area contributed by atoms with Crippen molar-refractivity contribution in [1.29, 1.82) is 0 Å². The van der Waals surface area contributed by atoms with Crippen LogP contribution in [0.15, 0.2) is 6.07 Å². The van der Waals surface area contributed by atoms with Gasteiger partial charge in [-0.25, -0.2) is 9.97 Å². The Labute approximate surface area is 105 Å². The monoisotopic (exact) mass is 235 g/mol. The zero-order chi connectivity index (χ0) is 12.8. The zero-order valence-electron chi connectivity index (χ0n) is 11.8. The van der Waals surface area contributed by atoms with Gasteiger partial charge in [0.2, 0.25) is 0 Å². The molecule has 2 heterocycles. The maximum Gasteiger partial charge on any atom is 0.133 e. The predicted molar refractivity (Wildman–Crippen MR) is 73.7 cm³/mol. The predicted octanol–water partition coefficient (Wildman–Crippen LogP) is 3.53. The number of hydrogen-bond acceptors (Lipinski definition) is 3. The second kappa shape index (κ2) is 6.58. The van der Waals surface area contributed by atoms with E-state index in [4.69, 9.17) is 0 Å². The van der Waals surface area contributed by atoms with E-state index in [0.717, 1.165) is 30.4 Å². The Balaban J connectivity index is 0.000000686. The van der Waals surface area contributed by atoms with Crippen molar-refractivity contribution in [3.63, 3.8) is 0 Å². The van der Waals surface area contributed by atoms with E-state index < -0.39 is 0 Å². The molecule has 0 amide bonds. The van der Waals surface area contributed by atoms with Gasteiger partial charge in [0.25, 0.3) is 0 Å². The summed E-state index contributed by atoms with van der Waals surface area (Å²) in [4.78, 5) is 11.5. The van der Waals surface area contributed by atoms with Gasteiger partial charge in [-0.3, -0.25) is 0 Å². The Morgan fingerprint density at radius 2 is 1.71 bits per heavy atom. The molecule has 0 aliphatic carbocycles. The van der Waals surface area contributed by atoms with E-state index in [9.17, 15) is 0 Å². The molecule has 0 radical (unpaired) electrons. The molecule has 1 aliphatic heterocycles. The molecule has 1 fully saturated rings. The Bertz CT molecular complexity index is 341. The minimum absolute atomic E-state index is 0.409. The molecule has 0 saturated carbocycles. The molecule has 3 heteroatoms. The lowest BCUT2D eigenvalue weighted by Gasteiger charge is -2.18. The zero-order valence-corrected chi connectivity index (χ0v) is 11.8. The molecule has 1 aromatic heterocycles. The van der Waals surface area contributed by atoms with Crippen LogP contribution >= 0.6 is 0 Å². The van der Waals surface area contributed by atoms with Crippen molar-refractivity contribution in [2.24, 2.45) is 0 Å². The molecule has 0 spiro atoms. The first-order chi connectivity index (χ1) is 8.16. The lowest BCUT2D eigenvalue weighted by atomic mass is 10.2. The van der Waals surface area contributed by atoms with Crippen LogP contribution in [0.3, 0.4) is 0 Å². The Morgan fingerprint density at radius 1 is 1.12 bits per heavy atom. The summed E-state index contributed by atoms with van der Waals surface area (Å²) in [7, 11) is 0. The van der Waals surface area contributed by atoms with Gasteiger partial charge >= 0.3 is 0 Å². The normalized spacial score (nSPS) is 14.8. The van der Waals surface area contributed by atoms with Crippen LogP contribution in [-0.2, 0) is 0 Å². The number of anilines is 1. The summed E-state index contributed by atoms with van der Waals surface area (Å²) in [5.41, 5.74) is 1.08. The summed E-state index contributed by atoms with van der Waals surface area (Å²) in [6, 6.07) is 2.09. The average molecular weight is 235 g/mol. The summed E-state index contributed by atoms with van der Waals surface area (Å²) in [6.07, 6.45) is 2.58. The van der Waals surface area contributed by atoms with Crippen LogP contribution in [0.4, 0.5) is 5.82 Å². The Morgan fingerprint density at radius 3 is 2.24 bits per heavy atom. The SMILES string of the molecule is CC.Cc1cc(N2CCCC2)nc(C(C)C)n1. The molecule has 96 valence electrons. The molecule has 0 atom stereocenters. The van der Waals surface area contributed by atoms with Crippen LogP contribution in [0, 0.1) is 6.92 Å². The van der Waals surface area contributed by atoms with Gasteiger partial charge < -0.3 is 4.90 Å². The fourth-order valence-electron chi connectivity index (χ4n) is 1.94. The standard InChI is InChI=1S/C12H19N3.C2H6/c1-9(2)12-13-10(3)8-11(14-12)15-6-4-5-7-15;1-2/h8-9H,4-7H2,1-3H3;1-2H3. The van der Waals surface area contributed by atoms with E-state index in [1.54, 1.807) is 0 Å². The van der Waals surface area contributed by atoms with Crippen molar-refractivity contribution in [2.75, 3.05) is 18.0 Å². The molecule has 17 heavy (non-hydrogen) atoms. The second-order valence-corrected chi connectivity index (χ2v) is 4.57. The van der Waals surface area contributed by atoms with Crippen LogP contribution in [0.2, 0.25) is 0 Å². The molecule has 0 aromatic carbocycles. The topological polar surface area (TPSA) is 29.0 Å². The van der Waals surface area contributed by atoms with E-state index in [2.05, 4.69) is 34.8 Å². The van der Waals surface area contributed by atoms with Gasteiger partial charge in [-0.15, -0.1) is 0 Å². The number of rotatable bonds is 2. The van der Waals surface area contributed by atoms with E-state index >= 15 is 0 Å². The highest BCUT2D eigenvalue weighted by atomic mass is 15.2. The summed E-state index contributed by atoms with van der Waals surface area (Å²) < 4.78 is 0. The summed E-state index contributed by atoms with van der Waals surface area (Å²) in [5, 5.41) is 0. The largest absolute Gasteiger partial charge is 0.357 e. The fraction of sp³-hybridized carbons (Fsp3) is 0.714. The molecule has 0 bridgehead atoms. The van der Waals surface area contributed by atoms with Gasteiger partial charge in [0.05, 0.1) is 0 Å². The molecular formula is C14H25N3. The fourth-order valence-corrected chi connectivity index (χ4v) is 1.94. The van der Waals surface area contributed by atoms with Crippen molar-refractivity contribution in [1.82, 2.24) is 9.97 Å². The van der Waals surface area contributed by atoms with Crippen LogP contribution in [0.1, 0.15) is 58.0 Å². The van der Waals surface area contributed by atoms with Crippen LogP contribution in [0.25, 0.3) is 0 Å². The highest BCUT2D eigenvalue weighted by Gasteiger charge is 2.15. The third-order valence-corrected chi connectivity index (χ3v) is 2.80. The van der Waals surface area contributed by atoms with Crippen molar-refractivity contribution in [3.05, 3.63) is 17.6 Å². The third kappa shape index (κ3) is 3.69. The van der Waals surface area contributed by atoms with Crippen molar-refractivity contribution in [3.8, 4) is 0 Å². The smallest absolute Gasteiger partial charge is 0.133 e. The van der Waals surface area contributed by atoms with Gasteiger partial charge in [-0.05, 0) is 19.8 Å².